The van der Waals surface area contributed by atoms with Crippen LogP contribution in [-0.4, -0.2) is 41.6 Å². The average Bonchev–Trinajstić information content (AvgIpc) is 2.16. The molecule has 5 nitrogen and oxygen atoms in total. The Balaban J connectivity index is 0. The molecule has 0 aliphatic heterocycles. The van der Waals surface area contributed by atoms with Gasteiger partial charge in [-0.2, -0.15) is 0 Å². The molecule has 0 fully saturated rings. The molecule has 0 atom stereocenters. The Morgan fingerprint density at radius 3 is 2.19 bits per heavy atom. The smallest absolute Gasteiger partial charge is 0.550 e. The second kappa shape index (κ2) is 11.4. The van der Waals surface area contributed by atoms with E-state index >= 15 is 0 Å². The molecule has 0 saturated carbocycles. The van der Waals surface area contributed by atoms with Crippen LogP contribution in [0.15, 0.2) is 0 Å². The monoisotopic (exact) mass is 239 g/mol. The van der Waals surface area contributed by atoms with Gasteiger partial charge in [-0.3, -0.25) is 4.79 Å². The predicted octanol–water partition coefficient (Wildman–Crippen LogP) is -3.29. The van der Waals surface area contributed by atoms with Gasteiger partial charge in [0.05, 0.1) is 6.42 Å². The predicted molar refractivity (Wildman–Crippen MR) is 53.2 cm³/mol. The van der Waals surface area contributed by atoms with Crippen molar-refractivity contribution in [1.82, 2.24) is 4.90 Å². The topological polar surface area (TPSA) is 80.7 Å². The summed E-state index contributed by atoms with van der Waals surface area (Å²) in [5, 5.41) is 18.8. The molecule has 0 amide bonds. The molecule has 0 aromatic carbocycles. The fraction of sp³-hybridized carbons (Fsp3) is 0.800. The minimum atomic E-state index is -1.09. The summed E-state index contributed by atoms with van der Waals surface area (Å²) >= 11 is 0. The van der Waals surface area contributed by atoms with Crippen molar-refractivity contribution in [3.8, 4) is 0 Å². The Hall–Kier alpha value is -0.100. The molecule has 0 heterocycles. The van der Waals surface area contributed by atoms with Crippen molar-refractivity contribution >= 4 is 11.9 Å². The summed E-state index contributed by atoms with van der Waals surface area (Å²) in [6, 6.07) is 0. The summed E-state index contributed by atoms with van der Waals surface area (Å²) in [6.45, 7) is 3.56. The van der Waals surface area contributed by atoms with Gasteiger partial charge in [0.1, 0.15) is 0 Å². The molecule has 0 bridgehead atoms. The summed E-state index contributed by atoms with van der Waals surface area (Å²) in [4.78, 5) is 22.5. The number of carbonyl (C=O) groups excluding carboxylic acids is 1. The Morgan fingerprint density at radius 2 is 1.75 bits per heavy atom. The minimum Gasteiger partial charge on any atom is -0.550 e. The van der Waals surface area contributed by atoms with E-state index in [9.17, 15) is 14.7 Å². The van der Waals surface area contributed by atoms with E-state index < -0.39 is 11.9 Å². The standard InChI is InChI=1S/C10H19NO4.Na/c1-2-3-6-11(7-4-9(12)13)8-5-10(14)15;/h2-8H2,1H3,(H,12,13)(H,14,15);/q;+1/p-1. The maximum atomic E-state index is 10.4. The van der Waals surface area contributed by atoms with Gasteiger partial charge in [0.25, 0.3) is 0 Å². The Labute approximate surface area is 118 Å². The first-order chi connectivity index (χ1) is 7.06. The molecule has 0 aliphatic rings. The number of aliphatic carboxylic acids is 2. The van der Waals surface area contributed by atoms with E-state index in [0.717, 1.165) is 19.4 Å². The molecular formula is C10H18NNaO4. The first kappa shape index (κ1) is 18.3. The van der Waals surface area contributed by atoms with Crippen LogP contribution in [0.1, 0.15) is 32.6 Å². The van der Waals surface area contributed by atoms with E-state index in [1.807, 2.05) is 11.8 Å². The molecule has 6 heteroatoms. The first-order valence-electron chi connectivity index (χ1n) is 5.20. The molecule has 0 aliphatic carbocycles. The second-order valence-corrected chi connectivity index (χ2v) is 3.46. The maximum Gasteiger partial charge on any atom is 1.00 e. The van der Waals surface area contributed by atoms with Gasteiger partial charge in [-0.15, -0.1) is 0 Å². The number of rotatable bonds is 9. The zero-order valence-corrected chi connectivity index (χ0v) is 12.1. The zero-order valence-electron chi connectivity index (χ0n) is 10.1. The van der Waals surface area contributed by atoms with Crippen LogP contribution >= 0.6 is 0 Å². The third-order valence-corrected chi connectivity index (χ3v) is 2.10. The van der Waals surface area contributed by atoms with Gasteiger partial charge in [-0.25, -0.2) is 0 Å². The molecule has 0 aromatic heterocycles. The van der Waals surface area contributed by atoms with Gasteiger partial charge in [0.15, 0.2) is 0 Å². The van der Waals surface area contributed by atoms with Crippen LogP contribution in [0.2, 0.25) is 0 Å². The zero-order chi connectivity index (χ0) is 11.7. The quantitative estimate of drug-likeness (QED) is 0.426. The van der Waals surface area contributed by atoms with Crippen molar-refractivity contribution in [3.05, 3.63) is 0 Å². The number of carboxylic acid groups (broad SMARTS) is 2. The number of hydrogen-bond donors (Lipinski definition) is 1. The average molecular weight is 239 g/mol. The van der Waals surface area contributed by atoms with E-state index in [0.29, 0.717) is 13.1 Å². The maximum absolute atomic E-state index is 10.4. The fourth-order valence-corrected chi connectivity index (χ4v) is 1.22. The molecule has 88 valence electrons. The van der Waals surface area contributed by atoms with Crippen LogP contribution in [0.5, 0.6) is 0 Å². The number of nitrogens with zero attached hydrogens (tertiary/aromatic N) is 1. The number of hydrogen-bond acceptors (Lipinski definition) is 4. The molecular weight excluding hydrogens is 221 g/mol. The molecule has 0 saturated heterocycles. The van der Waals surface area contributed by atoms with E-state index in [1.165, 1.54) is 0 Å². The molecule has 0 spiro atoms. The van der Waals surface area contributed by atoms with Gasteiger partial charge >= 0.3 is 35.5 Å². The van der Waals surface area contributed by atoms with Gasteiger partial charge in [0.2, 0.25) is 0 Å². The molecule has 16 heavy (non-hydrogen) atoms. The second-order valence-electron chi connectivity index (χ2n) is 3.46. The van der Waals surface area contributed by atoms with Crippen molar-refractivity contribution in [2.75, 3.05) is 19.6 Å². The van der Waals surface area contributed by atoms with Crippen LogP contribution in [0.4, 0.5) is 0 Å². The van der Waals surface area contributed by atoms with E-state index in [4.69, 9.17) is 5.11 Å². The van der Waals surface area contributed by atoms with Gasteiger partial charge in [-0.05, 0) is 19.4 Å². The Morgan fingerprint density at radius 1 is 1.19 bits per heavy atom. The molecule has 1 N–H and O–H groups in total. The third kappa shape index (κ3) is 12.0. The number of unbranched alkanes of at least 4 members (excludes halogenated alkanes) is 1. The van der Waals surface area contributed by atoms with Gasteiger partial charge < -0.3 is 19.9 Å². The molecule has 0 unspecified atom stereocenters. The van der Waals surface area contributed by atoms with Gasteiger partial charge in [-0.1, -0.05) is 13.3 Å². The van der Waals surface area contributed by atoms with Crippen molar-refractivity contribution in [3.63, 3.8) is 0 Å². The third-order valence-electron chi connectivity index (χ3n) is 2.10. The Kier molecular flexibility index (Phi) is 13.0. The van der Waals surface area contributed by atoms with Crippen LogP contribution in [0.3, 0.4) is 0 Å². The van der Waals surface area contributed by atoms with Crippen LogP contribution in [0, 0.1) is 0 Å². The normalized spacial score (nSPS) is 9.88. The number of carboxylic acids is 2. The summed E-state index contributed by atoms with van der Waals surface area (Å²) in [5.74, 6) is -1.95. The summed E-state index contributed by atoms with van der Waals surface area (Å²) in [6.07, 6.45) is 1.97. The van der Waals surface area contributed by atoms with Crippen LogP contribution in [-0.2, 0) is 9.59 Å². The fourth-order valence-electron chi connectivity index (χ4n) is 1.22. The minimum absolute atomic E-state index is 0. The van der Waals surface area contributed by atoms with E-state index in [1.54, 1.807) is 0 Å². The summed E-state index contributed by atoms with van der Waals surface area (Å²) < 4.78 is 0. The molecule has 0 radical (unpaired) electrons. The summed E-state index contributed by atoms with van der Waals surface area (Å²) in [5.41, 5.74) is 0. The summed E-state index contributed by atoms with van der Waals surface area (Å²) in [7, 11) is 0. The van der Waals surface area contributed by atoms with Gasteiger partial charge in [0, 0.05) is 19.1 Å². The number of carbonyl (C=O) groups is 2. The van der Waals surface area contributed by atoms with Crippen LogP contribution in [0.25, 0.3) is 0 Å². The first-order valence-corrected chi connectivity index (χ1v) is 5.20. The van der Waals surface area contributed by atoms with E-state index in [-0.39, 0.29) is 42.4 Å². The van der Waals surface area contributed by atoms with Crippen molar-refractivity contribution in [2.24, 2.45) is 0 Å². The van der Waals surface area contributed by atoms with E-state index in [2.05, 4.69) is 0 Å². The molecule has 0 aromatic rings. The van der Waals surface area contributed by atoms with Crippen molar-refractivity contribution < 1.29 is 49.4 Å². The van der Waals surface area contributed by atoms with Crippen molar-refractivity contribution in [1.29, 1.82) is 0 Å². The van der Waals surface area contributed by atoms with Crippen LogP contribution < -0.4 is 34.7 Å². The van der Waals surface area contributed by atoms with Crippen molar-refractivity contribution in [2.45, 2.75) is 32.6 Å². The molecule has 0 rings (SSSR count). The SMILES string of the molecule is CCCCN(CCC(=O)[O-])CCC(=O)O.[Na+]. The largest absolute Gasteiger partial charge is 1.00 e. The Bertz CT molecular complexity index is 193.